The van der Waals surface area contributed by atoms with E-state index in [0.717, 1.165) is 31.2 Å². The number of carbonyl (C=O) groups excluding carboxylic acids is 1. The van der Waals surface area contributed by atoms with Crippen LogP contribution < -0.4 is 5.32 Å². The van der Waals surface area contributed by atoms with Crippen LogP contribution in [0.1, 0.15) is 54.4 Å². The van der Waals surface area contributed by atoms with Gasteiger partial charge in [0.2, 0.25) is 0 Å². The zero-order valence-electron chi connectivity index (χ0n) is 12.5. The van der Waals surface area contributed by atoms with Gasteiger partial charge in [0.1, 0.15) is 0 Å². The molecule has 1 aliphatic rings. The topological polar surface area (TPSA) is 66.4 Å². The quantitative estimate of drug-likeness (QED) is 0.790. The summed E-state index contributed by atoms with van der Waals surface area (Å²) in [6, 6.07) is 6.94. The van der Waals surface area contributed by atoms with Crippen molar-refractivity contribution in [2.45, 2.75) is 57.5 Å². The van der Waals surface area contributed by atoms with Crippen molar-refractivity contribution >= 4 is 11.8 Å². The van der Waals surface area contributed by atoms with Gasteiger partial charge in [-0.1, -0.05) is 49.1 Å². The Kier molecular flexibility index (Phi) is 5.51. The molecule has 1 atom stereocenters. The van der Waals surface area contributed by atoms with Gasteiger partial charge in [-0.15, -0.1) is 0 Å². The smallest absolute Gasteiger partial charge is 0.305 e. The van der Waals surface area contributed by atoms with Crippen LogP contribution in [0.15, 0.2) is 24.3 Å². The first-order valence-electron chi connectivity index (χ1n) is 7.65. The fraction of sp³-hybridized carbons (Fsp3) is 0.529. The van der Waals surface area contributed by atoms with Crippen LogP contribution in [0.4, 0.5) is 0 Å². The highest BCUT2D eigenvalue weighted by atomic mass is 16.4. The van der Waals surface area contributed by atoms with Gasteiger partial charge < -0.3 is 10.4 Å². The zero-order chi connectivity index (χ0) is 15.2. The molecule has 0 aromatic heterocycles. The maximum atomic E-state index is 12.5. The number of hydrogen-bond donors (Lipinski definition) is 2. The summed E-state index contributed by atoms with van der Waals surface area (Å²) in [5.41, 5.74) is 1.66. The number of rotatable bonds is 6. The van der Waals surface area contributed by atoms with Crippen molar-refractivity contribution in [2.24, 2.45) is 0 Å². The van der Waals surface area contributed by atoms with Crippen LogP contribution in [0.25, 0.3) is 0 Å². The highest BCUT2D eigenvalue weighted by molar-refractivity contribution is 6.01. The van der Waals surface area contributed by atoms with Crippen LogP contribution in [0, 0.1) is 6.92 Å². The fourth-order valence-electron chi connectivity index (χ4n) is 2.87. The molecule has 1 unspecified atom stereocenters. The number of ketones is 1. The lowest BCUT2D eigenvalue weighted by molar-refractivity contribution is -0.137. The van der Waals surface area contributed by atoms with E-state index >= 15 is 0 Å². The maximum Gasteiger partial charge on any atom is 0.305 e. The van der Waals surface area contributed by atoms with E-state index in [4.69, 9.17) is 5.11 Å². The van der Waals surface area contributed by atoms with Gasteiger partial charge in [-0.25, -0.2) is 0 Å². The predicted molar refractivity (Wildman–Crippen MR) is 81.6 cm³/mol. The summed E-state index contributed by atoms with van der Waals surface area (Å²) in [5, 5.41) is 12.3. The van der Waals surface area contributed by atoms with Crippen molar-refractivity contribution in [3.63, 3.8) is 0 Å². The monoisotopic (exact) mass is 289 g/mol. The van der Waals surface area contributed by atoms with Crippen LogP contribution in [-0.4, -0.2) is 28.9 Å². The third kappa shape index (κ3) is 4.67. The third-order valence-corrected chi connectivity index (χ3v) is 4.07. The molecular formula is C17H23NO3. The molecule has 0 saturated heterocycles. The molecule has 0 aliphatic heterocycles. The highest BCUT2D eigenvalue weighted by Crippen LogP contribution is 2.19. The lowest BCUT2D eigenvalue weighted by atomic mass is 9.93. The van der Waals surface area contributed by atoms with Gasteiger partial charge in [-0.3, -0.25) is 9.59 Å². The highest BCUT2D eigenvalue weighted by Gasteiger charge is 2.26. The number of nitrogens with one attached hydrogen (secondary N) is 1. The Balaban J connectivity index is 2.08. The van der Waals surface area contributed by atoms with Gasteiger partial charge in [0.05, 0.1) is 12.5 Å². The Morgan fingerprint density at radius 2 is 1.81 bits per heavy atom. The van der Waals surface area contributed by atoms with E-state index in [1.165, 1.54) is 6.42 Å². The molecule has 1 aliphatic carbocycles. The molecule has 114 valence electrons. The second-order valence-corrected chi connectivity index (χ2v) is 5.88. The Labute approximate surface area is 125 Å². The Hall–Kier alpha value is -1.68. The first kappa shape index (κ1) is 15.7. The Bertz CT molecular complexity index is 489. The van der Waals surface area contributed by atoms with Gasteiger partial charge in [0, 0.05) is 11.6 Å². The number of aryl methyl sites for hydroxylation is 1. The van der Waals surface area contributed by atoms with Crippen LogP contribution >= 0.6 is 0 Å². The molecule has 0 heterocycles. The molecule has 1 aromatic rings. The minimum Gasteiger partial charge on any atom is -0.481 e. The molecule has 0 bridgehead atoms. The summed E-state index contributed by atoms with van der Waals surface area (Å²) in [5.74, 6) is -1.06. The first-order chi connectivity index (χ1) is 10.1. The number of hydrogen-bond acceptors (Lipinski definition) is 3. The molecular weight excluding hydrogens is 266 g/mol. The summed E-state index contributed by atoms with van der Waals surface area (Å²) in [6.07, 6.45) is 5.41. The number of carboxylic acids is 1. The number of carboxylic acid groups (broad SMARTS) is 1. The second kappa shape index (κ2) is 7.36. The van der Waals surface area contributed by atoms with Crippen LogP contribution in [0.2, 0.25) is 0 Å². The summed E-state index contributed by atoms with van der Waals surface area (Å²) < 4.78 is 0. The molecule has 1 fully saturated rings. The lowest BCUT2D eigenvalue weighted by Gasteiger charge is -2.27. The molecule has 2 N–H and O–H groups in total. The minimum absolute atomic E-state index is 0.122. The number of aliphatic carboxylic acids is 1. The summed E-state index contributed by atoms with van der Waals surface area (Å²) in [6.45, 7) is 1.96. The fourth-order valence-corrected chi connectivity index (χ4v) is 2.87. The van der Waals surface area contributed by atoms with E-state index in [9.17, 15) is 9.59 Å². The van der Waals surface area contributed by atoms with Crippen LogP contribution in [0.3, 0.4) is 0 Å². The average Bonchev–Trinajstić information content (AvgIpc) is 2.47. The SMILES string of the molecule is Cc1ccc(C(=O)C(CC(=O)O)NC2CCCCC2)cc1. The van der Waals surface area contributed by atoms with E-state index < -0.39 is 12.0 Å². The summed E-state index contributed by atoms with van der Waals surface area (Å²) >= 11 is 0. The molecule has 1 aromatic carbocycles. The predicted octanol–water partition coefficient (Wildman–Crippen LogP) is 2.94. The molecule has 4 heteroatoms. The lowest BCUT2D eigenvalue weighted by Crippen LogP contribution is -2.45. The normalized spacial score (nSPS) is 17.4. The van der Waals surface area contributed by atoms with Crippen molar-refractivity contribution in [3.8, 4) is 0 Å². The van der Waals surface area contributed by atoms with Crippen molar-refractivity contribution in [1.82, 2.24) is 5.32 Å². The van der Waals surface area contributed by atoms with Gasteiger partial charge in [0.25, 0.3) is 0 Å². The average molecular weight is 289 g/mol. The van der Waals surface area contributed by atoms with Crippen molar-refractivity contribution < 1.29 is 14.7 Å². The zero-order valence-corrected chi connectivity index (χ0v) is 12.5. The molecule has 2 rings (SSSR count). The standard InChI is InChI=1S/C17H23NO3/c1-12-7-9-13(10-8-12)17(21)15(11-16(19)20)18-14-5-3-2-4-6-14/h7-10,14-15,18H,2-6,11H2,1H3,(H,19,20). The molecule has 1 saturated carbocycles. The Morgan fingerprint density at radius 1 is 1.19 bits per heavy atom. The summed E-state index contributed by atoms with van der Waals surface area (Å²) in [7, 11) is 0. The van der Waals surface area contributed by atoms with E-state index in [1.54, 1.807) is 12.1 Å². The third-order valence-electron chi connectivity index (χ3n) is 4.07. The van der Waals surface area contributed by atoms with Crippen molar-refractivity contribution in [2.75, 3.05) is 0 Å². The van der Waals surface area contributed by atoms with E-state index in [0.29, 0.717) is 5.56 Å². The van der Waals surface area contributed by atoms with E-state index in [2.05, 4.69) is 5.32 Å². The molecule has 0 radical (unpaired) electrons. The van der Waals surface area contributed by atoms with E-state index in [-0.39, 0.29) is 18.2 Å². The Morgan fingerprint density at radius 3 is 2.38 bits per heavy atom. The second-order valence-electron chi connectivity index (χ2n) is 5.88. The van der Waals surface area contributed by atoms with Gasteiger partial charge in [-0.05, 0) is 19.8 Å². The van der Waals surface area contributed by atoms with Crippen molar-refractivity contribution in [1.29, 1.82) is 0 Å². The number of carbonyl (C=O) groups is 2. The molecule has 21 heavy (non-hydrogen) atoms. The molecule has 0 amide bonds. The van der Waals surface area contributed by atoms with Crippen LogP contribution in [-0.2, 0) is 4.79 Å². The van der Waals surface area contributed by atoms with E-state index in [1.807, 2.05) is 19.1 Å². The maximum absolute atomic E-state index is 12.5. The van der Waals surface area contributed by atoms with Crippen LogP contribution in [0.5, 0.6) is 0 Å². The number of Topliss-reactive ketones (excluding diaryl/α,β-unsaturated/α-hetero) is 1. The number of benzene rings is 1. The van der Waals surface area contributed by atoms with Gasteiger partial charge >= 0.3 is 5.97 Å². The molecule has 4 nitrogen and oxygen atoms in total. The van der Waals surface area contributed by atoms with Gasteiger partial charge in [-0.2, -0.15) is 0 Å². The largest absolute Gasteiger partial charge is 0.481 e. The van der Waals surface area contributed by atoms with Gasteiger partial charge in [0.15, 0.2) is 5.78 Å². The van der Waals surface area contributed by atoms with Crippen molar-refractivity contribution in [3.05, 3.63) is 35.4 Å². The summed E-state index contributed by atoms with van der Waals surface area (Å²) in [4.78, 5) is 23.6. The molecule has 0 spiro atoms. The first-order valence-corrected chi connectivity index (χ1v) is 7.65. The minimum atomic E-state index is -0.941.